The molecule has 4 aliphatic carbocycles. The molecule has 2 heteroatoms. The van der Waals surface area contributed by atoms with Crippen LogP contribution in [0.15, 0.2) is 0 Å². The van der Waals surface area contributed by atoms with Gasteiger partial charge in [-0.1, -0.05) is 0 Å². The fourth-order valence-corrected chi connectivity index (χ4v) is 7.27. The maximum atomic E-state index is 3.83. The minimum atomic E-state index is 0.530. The fourth-order valence-electron chi connectivity index (χ4n) is 7.27. The van der Waals surface area contributed by atoms with Crippen LogP contribution in [0.4, 0.5) is 0 Å². The Morgan fingerprint density at radius 3 is 2.25 bits per heavy atom. The molecular weight excluding hydrogens is 244 g/mol. The van der Waals surface area contributed by atoms with Crippen LogP contribution < -0.4 is 5.32 Å². The van der Waals surface area contributed by atoms with E-state index in [1.54, 1.807) is 38.5 Å². The molecule has 2 nitrogen and oxygen atoms in total. The van der Waals surface area contributed by atoms with Crippen LogP contribution in [-0.2, 0) is 0 Å². The van der Waals surface area contributed by atoms with Gasteiger partial charge in [0.25, 0.3) is 0 Å². The minimum absolute atomic E-state index is 0.530. The molecule has 2 saturated heterocycles. The number of nitrogens with one attached hydrogen (secondary N) is 1. The zero-order valence-electron chi connectivity index (χ0n) is 12.9. The molecule has 2 aliphatic heterocycles. The van der Waals surface area contributed by atoms with Gasteiger partial charge in [-0.15, -0.1) is 0 Å². The van der Waals surface area contributed by atoms with Gasteiger partial charge >= 0.3 is 0 Å². The van der Waals surface area contributed by atoms with Crippen LogP contribution >= 0.6 is 0 Å². The second kappa shape index (κ2) is 4.23. The van der Waals surface area contributed by atoms with Gasteiger partial charge in [0, 0.05) is 25.2 Å². The highest BCUT2D eigenvalue weighted by Gasteiger charge is 2.52. The minimum Gasteiger partial charge on any atom is -0.310 e. The van der Waals surface area contributed by atoms with Crippen molar-refractivity contribution in [1.82, 2.24) is 10.2 Å². The molecule has 1 unspecified atom stereocenters. The maximum absolute atomic E-state index is 3.83. The number of nitrogens with zero attached hydrogens (tertiary/aromatic N) is 1. The summed E-state index contributed by atoms with van der Waals surface area (Å²) >= 11 is 0. The first kappa shape index (κ1) is 12.5. The first-order chi connectivity index (χ1) is 9.73. The van der Waals surface area contributed by atoms with Crippen molar-refractivity contribution < 1.29 is 0 Å². The van der Waals surface area contributed by atoms with E-state index in [9.17, 15) is 0 Å². The number of hydrogen-bond donors (Lipinski definition) is 1. The molecule has 0 aromatic carbocycles. The zero-order chi connectivity index (χ0) is 13.2. The Morgan fingerprint density at radius 2 is 1.65 bits per heavy atom. The standard InChI is InChI=1S/C18H30N2/c1-2-18(19-4-1)3-5-20(13-18)12-17-9-14-6-15(10-17)8-16(7-14)11-17/h14-16,19H,1-13H2. The summed E-state index contributed by atoms with van der Waals surface area (Å²) in [7, 11) is 0. The normalized spacial score (nSPS) is 54.3. The molecule has 1 N–H and O–H groups in total. The molecule has 0 aromatic rings. The van der Waals surface area contributed by atoms with Gasteiger partial charge in [-0.2, -0.15) is 0 Å². The summed E-state index contributed by atoms with van der Waals surface area (Å²) < 4.78 is 0. The smallest absolute Gasteiger partial charge is 0.0321 e. The van der Waals surface area contributed by atoms with Gasteiger partial charge in [0.15, 0.2) is 0 Å². The average molecular weight is 274 g/mol. The van der Waals surface area contributed by atoms with Crippen LogP contribution in [0, 0.1) is 23.2 Å². The molecule has 0 aromatic heterocycles. The summed E-state index contributed by atoms with van der Waals surface area (Å²) in [6, 6.07) is 0. The van der Waals surface area contributed by atoms with Crippen molar-refractivity contribution in [2.45, 2.75) is 63.3 Å². The van der Waals surface area contributed by atoms with E-state index in [4.69, 9.17) is 0 Å². The summed E-state index contributed by atoms with van der Waals surface area (Å²) in [6.45, 7) is 5.44. The molecule has 6 fully saturated rings. The second-order valence-electron chi connectivity index (χ2n) is 9.19. The van der Waals surface area contributed by atoms with Crippen molar-refractivity contribution in [3.63, 3.8) is 0 Å². The quantitative estimate of drug-likeness (QED) is 0.832. The van der Waals surface area contributed by atoms with Gasteiger partial charge in [-0.3, -0.25) is 0 Å². The zero-order valence-corrected chi connectivity index (χ0v) is 12.9. The predicted molar refractivity (Wildman–Crippen MR) is 81.6 cm³/mol. The van der Waals surface area contributed by atoms with Crippen LogP contribution in [0.25, 0.3) is 0 Å². The highest BCUT2D eigenvalue weighted by Crippen LogP contribution is 2.60. The third-order valence-corrected chi connectivity index (χ3v) is 7.49. The van der Waals surface area contributed by atoms with Crippen molar-refractivity contribution in [2.75, 3.05) is 26.2 Å². The summed E-state index contributed by atoms with van der Waals surface area (Å²) in [5, 5.41) is 3.83. The van der Waals surface area contributed by atoms with Gasteiger partial charge in [-0.25, -0.2) is 0 Å². The molecule has 112 valence electrons. The van der Waals surface area contributed by atoms with Crippen molar-refractivity contribution in [1.29, 1.82) is 0 Å². The Morgan fingerprint density at radius 1 is 0.950 bits per heavy atom. The lowest BCUT2D eigenvalue weighted by Crippen LogP contribution is -2.51. The lowest BCUT2D eigenvalue weighted by molar-refractivity contribution is -0.0670. The molecule has 6 rings (SSSR count). The van der Waals surface area contributed by atoms with Crippen LogP contribution in [0.1, 0.15) is 57.8 Å². The van der Waals surface area contributed by atoms with Gasteiger partial charge < -0.3 is 10.2 Å². The van der Waals surface area contributed by atoms with Gasteiger partial charge in [0.2, 0.25) is 0 Å². The largest absolute Gasteiger partial charge is 0.310 e. The highest BCUT2D eigenvalue weighted by molar-refractivity contribution is 5.06. The van der Waals surface area contributed by atoms with Crippen LogP contribution in [0.5, 0.6) is 0 Å². The molecule has 4 saturated carbocycles. The van der Waals surface area contributed by atoms with Crippen molar-refractivity contribution in [3.05, 3.63) is 0 Å². The molecule has 6 aliphatic rings. The third-order valence-electron chi connectivity index (χ3n) is 7.49. The molecule has 1 atom stereocenters. The third kappa shape index (κ3) is 1.90. The van der Waals surface area contributed by atoms with Gasteiger partial charge in [-0.05, 0) is 87.5 Å². The van der Waals surface area contributed by atoms with Crippen LogP contribution in [0.3, 0.4) is 0 Å². The Labute approximate surface area is 123 Å². The number of rotatable bonds is 2. The van der Waals surface area contributed by atoms with E-state index in [0.717, 1.165) is 23.2 Å². The molecule has 20 heavy (non-hydrogen) atoms. The molecule has 0 amide bonds. The summed E-state index contributed by atoms with van der Waals surface area (Å²) in [5.74, 6) is 3.34. The molecular formula is C18H30N2. The Balaban J connectivity index is 1.30. The lowest BCUT2D eigenvalue weighted by atomic mass is 9.49. The SMILES string of the molecule is C1CNC2(C1)CCN(CC13CC4CC(CC(C4)C1)C3)C2. The van der Waals surface area contributed by atoms with Crippen LogP contribution in [0.2, 0.25) is 0 Å². The summed E-state index contributed by atoms with van der Waals surface area (Å²) in [4.78, 5) is 2.85. The van der Waals surface area contributed by atoms with E-state index in [1.807, 2.05) is 0 Å². The Kier molecular flexibility index (Phi) is 2.63. The van der Waals surface area contributed by atoms with E-state index in [2.05, 4.69) is 10.2 Å². The van der Waals surface area contributed by atoms with Crippen LogP contribution in [-0.4, -0.2) is 36.6 Å². The maximum Gasteiger partial charge on any atom is 0.0321 e. The Bertz CT molecular complexity index is 361. The Hall–Kier alpha value is -0.0800. The highest BCUT2D eigenvalue weighted by atomic mass is 15.2. The van der Waals surface area contributed by atoms with E-state index in [1.165, 1.54) is 45.4 Å². The lowest BCUT2D eigenvalue weighted by Gasteiger charge is -2.57. The van der Waals surface area contributed by atoms with E-state index >= 15 is 0 Å². The molecule has 1 spiro atoms. The van der Waals surface area contributed by atoms with E-state index in [-0.39, 0.29) is 0 Å². The van der Waals surface area contributed by atoms with E-state index in [0.29, 0.717) is 5.54 Å². The van der Waals surface area contributed by atoms with Crippen molar-refractivity contribution >= 4 is 0 Å². The predicted octanol–water partition coefficient (Wildman–Crippen LogP) is 3.03. The number of likely N-dealkylation sites (tertiary alicyclic amines) is 1. The summed E-state index contributed by atoms with van der Waals surface area (Å²) in [5.41, 5.74) is 1.28. The van der Waals surface area contributed by atoms with E-state index < -0.39 is 0 Å². The van der Waals surface area contributed by atoms with Gasteiger partial charge in [0.05, 0.1) is 0 Å². The van der Waals surface area contributed by atoms with Gasteiger partial charge in [0.1, 0.15) is 0 Å². The monoisotopic (exact) mass is 274 g/mol. The first-order valence-electron chi connectivity index (χ1n) is 9.20. The molecule has 2 heterocycles. The first-order valence-corrected chi connectivity index (χ1v) is 9.20. The summed E-state index contributed by atoms with van der Waals surface area (Å²) in [6.07, 6.45) is 13.8. The van der Waals surface area contributed by atoms with Crippen molar-refractivity contribution in [3.8, 4) is 0 Å². The molecule has 4 bridgehead atoms. The molecule has 0 radical (unpaired) electrons. The second-order valence-corrected chi connectivity index (χ2v) is 9.19. The van der Waals surface area contributed by atoms with Crippen molar-refractivity contribution in [2.24, 2.45) is 23.2 Å². The topological polar surface area (TPSA) is 15.3 Å². The average Bonchev–Trinajstić information content (AvgIpc) is 2.98. The number of hydrogen-bond acceptors (Lipinski definition) is 2. The fraction of sp³-hybridized carbons (Fsp3) is 1.00.